The van der Waals surface area contributed by atoms with E-state index in [1.54, 1.807) is 0 Å². The third kappa shape index (κ3) is 4.27. The molecule has 3 aromatic heterocycles. The van der Waals surface area contributed by atoms with E-state index in [9.17, 15) is 0 Å². The standard InChI is InChI=1S/C44H27N3S/c1-2-10-28(11-3-1)29-18-20-30(21-19-29)43-44(46-38-15-7-6-14-37(38)45-43)47-39-16-8-4-12-33(39)34-24-22-32(27-40(34)47)31-23-25-42-36(26-31)35-13-5-9-17-41(35)48-42/h1-27H. The van der Waals surface area contributed by atoms with Crippen LogP contribution in [0.15, 0.2) is 164 Å². The number of aromatic nitrogens is 3. The van der Waals surface area contributed by atoms with E-state index in [2.05, 4.69) is 138 Å². The third-order valence-electron chi connectivity index (χ3n) is 9.41. The van der Waals surface area contributed by atoms with E-state index < -0.39 is 0 Å². The number of nitrogens with zero attached hydrogens (tertiary/aromatic N) is 3. The van der Waals surface area contributed by atoms with Gasteiger partial charge in [0, 0.05) is 36.5 Å². The fourth-order valence-electron chi connectivity index (χ4n) is 7.08. The molecule has 7 aromatic carbocycles. The second-order valence-corrected chi connectivity index (χ2v) is 13.3. The summed E-state index contributed by atoms with van der Waals surface area (Å²) in [6.07, 6.45) is 0. The molecule has 0 saturated carbocycles. The zero-order valence-corrected chi connectivity index (χ0v) is 26.7. The van der Waals surface area contributed by atoms with E-state index in [4.69, 9.17) is 9.97 Å². The number of thiophene rings is 1. The predicted molar refractivity (Wildman–Crippen MR) is 203 cm³/mol. The van der Waals surface area contributed by atoms with Crippen molar-refractivity contribution in [2.75, 3.05) is 0 Å². The maximum atomic E-state index is 5.35. The Bertz CT molecular complexity index is 2830. The van der Waals surface area contributed by atoms with Gasteiger partial charge in [-0.05, 0) is 64.7 Å². The minimum Gasteiger partial charge on any atom is -0.292 e. The van der Waals surface area contributed by atoms with Gasteiger partial charge in [0.2, 0.25) is 0 Å². The van der Waals surface area contributed by atoms with Crippen molar-refractivity contribution in [2.24, 2.45) is 0 Å². The van der Waals surface area contributed by atoms with E-state index in [-0.39, 0.29) is 0 Å². The SMILES string of the molecule is c1ccc(-c2ccc(-c3nc4ccccc4nc3-n3c4ccccc4c4ccc(-c5ccc6sc7ccccc7c6c5)cc43)cc2)cc1. The Kier molecular flexibility index (Phi) is 6.05. The van der Waals surface area contributed by atoms with Crippen LogP contribution in [-0.2, 0) is 0 Å². The molecule has 0 amide bonds. The second kappa shape index (κ2) is 10.7. The van der Waals surface area contributed by atoms with E-state index in [0.717, 1.165) is 39.1 Å². The smallest absolute Gasteiger partial charge is 0.165 e. The summed E-state index contributed by atoms with van der Waals surface area (Å²) in [5.74, 6) is 0.823. The first kappa shape index (κ1) is 27.1. The minimum absolute atomic E-state index is 0.823. The molecule has 0 radical (unpaired) electrons. The van der Waals surface area contributed by atoms with Gasteiger partial charge in [0.25, 0.3) is 0 Å². The van der Waals surface area contributed by atoms with Crippen LogP contribution in [0.25, 0.3) is 92.3 Å². The topological polar surface area (TPSA) is 30.7 Å². The van der Waals surface area contributed by atoms with Gasteiger partial charge in [-0.25, -0.2) is 9.97 Å². The van der Waals surface area contributed by atoms with E-state index >= 15 is 0 Å². The Balaban J connectivity index is 1.22. The summed E-state index contributed by atoms with van der Waals surface area (Å²) in [4.78, 5) is 10.6. The van der Waals surface area contributed by atoms with Crippen LogP contribution in [0.3, 0.4) is 0 Å². The van der Waals surface area contributed by atoms with Gasteiger partial charge in [-0.15, -0.1) is 11.3 Å². The molecule has 0 aliphatic carbocycles. The quantitative estimate of drug-likeness (QED) is 0.194. The highest BCUT2D eigenvalue weighted by atomic mass is 32.1. The number of hydrogen-bond donors (Lipinski definition) is 0. The Labute approximate surface area is 281 Å². The Morgan fingerprint density at radius 2 is 0.958 bits per heavy atom. The van der Waals surface area contributed by atoms with Gasteiger partial charge in [-0.3, -0.25) is 4.57 Å². The summed E-state index contributed by atoms with van der Waals surface area (Å²) in [6.45, 7) is 0. The molecular weight excluding hydrogens is 603 g/mol. The summed E-state index contributed by atoms with van der Waals surface area (Å²) in [5, 5.41) is 5.00. The summed E-state index contributed by atoms with van der Waals surface area (Å²) in [7, 11) is 0. The maximum absolute atomic E-state index is 5.35. The number of benzene rings is 7. The van der Waals surface area contributed by atoms with Crippen LogP contribution >= 0.6 is 11.3 Å². The molecule has 3 nitrogen and oxygen atoms in total. The highest BCUT2D eigenvalue weighted by molar-refractivity contribution is 7.25. The molecule has 0 bridgehead atoms. The molecule has 0 saturated heterocycles. The highest BCUT2D eigenvalue weighted by Crippen LogP contribution is 2.40. The highest BCUT2D eigenvalue weighted by Gasteiger charge is 2.20. The lowest BCUT2D eigenvalue weighted by molar-refractivity contribution is 1.08. The van der Waals surface area contributed by atoms with Crippen molar-refractivity contribution in [1.29, 1.82) is 0 Å². The van der Waals surface area contributed by atoms with Crippen molar-refractivity contribution in [3.05, 3.63) is 164 Å². The molecule has 224 valence electrons. The summed E-state index contributed by atoms with van der Waals surface area (Å²) in [5.41, 5.74) is 10.6. The van der Waals surface area contributed by atoms with Crippen molar-refractivity contribution in [2.45, 2.75) is 0 Å². The maximum Gasteiger partial charge on any atom is 0.165 e. The second-order valence-electron chi connectivity index (χ2n) is 12.2. The molecule has 0 unspecified atom stereocenters. The molecule has 4 heteroatoms. The molecule has 3 heterocycles. The van der Waals surface area contributed by atoms with Gasteiger partial charge >= 0.3 is 0 Å². The molecule has 0 aliphatic rings. The van der Waals surface area contributed by atoms with Crippen LogP contribution in [0.5, 0.6) is 0 Å². The average Bonchev–Trinajstić information content (AvgIpc) is 3.69. The molecule has 0 N–H and O–H groups in total. The molecule has 0 fully saturated rings. The van der Waals surface area contributed by atoms with E-state index in [1.165, 1.54) is 53.2 Å². The van der Waals surface area contributed by atoms with Gasteiger partial charge < -0.3 is 0 Å². The van der Waals surface area contributed by atoms with E-state index in [0.29, 0.717) is 0 Å². The number of hydrogen-bond acceptors (Lipinski definition) is 3. The number of fused-ring (bicyclic) bond motifs is 7. The summed E-state index contributed by atoms with van der Waals surface area (Å²) >= 11 is 1.85. The Morgan fingerprint density at radius 1 is 0.375 bits per heavy atom. The normalized spacial score (nSPS) is 11.8. The van der Waals surface area contributed by atoms with Crippen LogP contribution in [0.2, 0.25) is 0 Å². The van der Waals surface area contributed by atoms with Crippen LogP contribution in [0, 0.1) is 0 Å². The van der Waals surface area contributed by atoms with Crippen LogP contribution < -0.4 is 0 Å². The Hall–Kier alpha value is -6.10. The number of para-hydroxylation sites is 3. The van der Waals surface area contributed by atoms with Crippen molar-refractivity contribution >= 4 is 64.3 Å². The first-order chi connectivity index (χ1) is 23.8. The zero-order chi connectivity index (χ0) is 31.6. The van der Waals surface area contributed by atoms with Gasteiger partial charge in [0.1, 0.15) is 5.69 Å². The van der Waals surface area contributed by atoms with Gasteiger partial charge in [0.05, 0.1) is 22.1 Å². The van der Waals surface area contributed by atoms with Gasteiger partial charge in [0.15, 0.2) is 5.82 Å². The lowest BCUT2D eigenvalue weighted by Gasteiger charge is -2.14. The van der Waals surface area contributed by atoms with Crippen LogP contribution in [0.1, 0.15) is 0 Å². The molecule has 0 aliphatic heterocycles. The molecule has 48 heavy (non-hydrogen) atoms. The van der Waals surface area contributed by atoms with E-state index in [1.807, 2.05) is 41.7 Å². The first-order valence-electron chi connectivity index (χ1n) is 16.2. The zero-order valence-electron chi connectivity index (χ0n) is 25.8. The number of rotatable bonds is 4. The molecule has 10 aromatic rings. The van der Waals surface area contributed by atoms with Crippen LogP contribution in [0.4, 0.5) is 0 Å². The van der Waals surface area contributed by atoms with Crippen molar-refractivity contribution < 1.29 is 0 Å². The monoisotopic (exact) mass is 629 g/mol. The fraction of sp³-hybridized carbons (Fsp3) is 0. The van der Waals surface area contributed by atoms with Gasteiger partial charge in [-0.2, -0.15) is 0 Å². The summed E-state index contributed by atoms with van der Waals surface area (Å²) < 4.78 is 4.94. The summed E-state index contributed by atoms with van der Waals surface area (Å²) in [6, 6.07) is 58.4. The average molecular weight is 630 g/mol. The van der Waals surface area contributed by atoms with Crippen LogP contribution in [-0.4, -0.2) is 14.5 Å². The third-order valence-corrected chi connectivity index (χ3v) is 10.6. The molecule has 0 spiro atoms. The lowest BCUT2D eigenvalue weighted by Crippen LogP contribution is -2.03. The fourth-order valence-corrected chi connectivity index (χ4v) is 8.16. The van der Waals surface area contributed by atoms with Crippen molar-refractivity contribution in [1.82, 2.24) is 14.5 Å². The Morgan fingerprint density at radius 3 is 1.81 bits per heavy atom. The largest absolute Gasteiger partial charge is 0.292 e. The predicted octanol–water partition coefficient (Wildman–Crippen LogP) is 12.1. The van der Waals surface area contributed by atoms with Crippen molar-refractivity contribution in [3.63, 3.8) is 0 Å². The van der Waals surface area contributed by atoms with Crippen molar-refractivity contribution in [3.8, 4) is 39.3 Å². The molecular formula is C44H27N3S. The molecule has 10 rings (SSSR count). The van der Waals surface area contributed by atoms with Gasteiger partial charge in [-0.1, -0.05) is 121 Å². The molecule has 0 atom stereocenters. The minimum atomic E-state index is 0.823. The lowest BCUT2D eigenvalue weighted by atomic mass is 10.0. The first-order valence-corrected chi connectivity index (χ1v) is 17.0.